The Morgan fingerprint density at radius 1 is 1.43 bits per heavy atom. The zero-order chi connectivity index (χ0) is 15.4. The molecule has 0 radical (unpaired) electrons. The van der Waals surface area contributed by atoms with Gasteiger partial charge in [0, 0.05) is 38.4 Å². The Morgan fingerprint density at radius 2 is 2.10 bits per heavy atom. The molecule has 21 heavy (non-hydrogen) atoms. The molecule has 6 nitrogen and oxygen atoms in total. The van der Waals surface area contributed by atoms with Gasteiger partial charge in [0.25, 0.3) is 0 Å². The molecule has 0 atom stereocenters. The number of amides is 1. The van der Waals surface area contributed by atoms with Gasteiger partial charge >= 0.3 is 5.97 Å². The Hall–Kier alpha value is -2.11. The van der Waals surface area contributed by atoms with Gasteiger partial charge in [-0.1, -0.05) is 0 Å². The maximum Gasteiger partial charge on any atom is 0.339 e. The molecule has 0 unspecified atom stereocenters. The average Bonchev–Trinajstić information content (AvgIpc) is 2.45. The third-order valence-corrected chi connectivity index (χ3v) is 3.84. The number of aromatic nitrogens is 1. The van der Waals surface area contributed by atoms with Crippen LogP contribution in [0.3, 0.4) is 0 Å². The number of carbonyl (C=O) groups excluding carboxylic acids is 1. The van der Waals surface area contributed by atoms with Crippen molar-refractivity contribution in [2.24, 2.45) is 5.92 Å². The molecule has 2 rings (SSSR count). The lowest BCUT2D eigenvalue weighted by Crippen LogP contribution is -2.38. The van der Waals surface area contributed by atoms with E-state index in [4.69, 9.17) is 0 Å². The third-order valence-electron chi connectivity index (χ3n) is 3.84. The molecule has 0 bridgehead atoms. The normalized spacial score (nSPS) is 15.8. The van der Waals surface area contributed by atoms with E-state index in [1.165, 1.54) is 13.1 Å². The zero-order valence-corrected chi connectivity index (χ0v) is 12.4. The number of hydrogen-bond acceptors (Lipinski definition) is 4. The Balaban J connectivity index is 2.03. The highest BCUT2D eigenvalue weighted by atomic mass is 16.4. The monoisotopic (exact) mass is 291 g/mol. The highest BCUT2D eigenvalue weighted by molar-refractivity contribution is 5.94. The predicted octanol–water partition coefficient (Wildman–Crippen LogP) is 1.44. The van der Waals surface area contributed by atoms with E-state index >= 15 is 0 Å². The number of carboxylic acid groups (broad SMARTS) is 1. The number of piperidine rings is 1. The van der Waals surface area contributed by atoms with Gasteiger partial charge < -0.3 is 15.3 Å². The van der Waals surface area contributed by atoms with Crippen molar-refractivity contribution in [1.29, 1.82) is 0 Å². The van der Waals surface area contributed by atoms with Crippen LogP contribution in [0.1, 0.15) is 35.8 Å². The standard InChI is InChI=1S/C15H21N3O3/c1-10-7-14(13(9-16-10)15(20)21)18-5-3-12(4-6-18)8-17-11(2)19/h7,9,12H,3-6,8H2,1-2H3,(H,17,19)(H,20,21). The lowest BCUT2D eigenvalue weighted by Gasteiger charge is -2.34. The van der Waals surface area contributed by atoms with Crippen LogP contribution < -0.4 is 10.2 Å². The second-order valence-electron chi connectivity index (χ2n) is 5.52. The van der Waals surface area contributed by atoms with E-state index in [1.54, 1.807) is 0 Å². The number of anilines is 1. The van der Waals surface area contributed by atoms with Crippen LogP contribution in [0, 0.1) is 12.8 Å². The highest BCUT2D eigenvalue weighted by Crippen LogP contribution is 2.26. The van der Waals surface area contributed by atoms with Crippen LogP contribution in [0.15, 0.2) is 12.3 Å². The minimum Gasteiger partial charge on any atom is -0.478 e. The van der Waals surface area contributed by atoms with Crippen molar-refractivity contribution >= 4 is 17.6 Å². The molecule has 1 aliphatic rings. The number of aryl methyl sites for hydroxylation is 1. The summed E-state index contributed by atoms with van der Waals surface area (Å²) in [7, 11) is 0. The number of aromatic carboxylic acids is 1. The Labute approximate surface area is 124 Å². The molecule has 1 amide bonds. The first-order chi connectivity index (χ1) is 9.97. The summed E-state index contributed by atoms with van der Waals surface area (Å²) in [6.45, 7) is 5.68. The van der Waals surface area contributed by atoms with Crippen LogP contribution in [0.2, 0.25) is 0 Å². The largest absolute Gasteiger partial charge is 0.478 e. The number of hydrogen-bond donors (Lipinski definition) is 2. The molecule has 1 aromatic heterocycles. The fourth-order valence-electron chi connectivity index (χ4n) is 2.64. The summed E-state index contributed by atoms with van der Waals surface area (Å²) in [6, 6.07) is 1.83. The molecular formula is C15H21N3O3. The molecule has 1 aromatic rings. The quantitative estimate of drug-likeness (QED) is 0.877. The van der Waals surface area contributed by atoms with Crippen LogP contribution in [0.25, 0.3) is 0 Å². The fourth-order valence-corrected chi connectivity index (χ4v) is 2.64. The van der Waals surface area contributed by atoms with Crippen LogP contribution in [0.5, 0.6) is 0 Å². The molecule has 2 N–H and O–H groups in total. The van der Waals surface area contributed by atoms with E-state index in [0.29, 0.717) is 12.5 Å². The molecule has 0 aliphatic carbocycles. The van der Waals surface area contributed by atoms with Crippen molar-refractivity contribution in [3.63, 3.8) is 0 Å². The van der Waals surface area contributed by atoms with Crippen LogP contribution in [0.4, 0.5) is 5.69 Å². The summed E-state index contributed by atoms with van der Waals surface area (Å²) < 4.78 is 0. The summed E-state index contributed by atoms with van der Waals surface area (Å²) in [5.41, 5.74) is 1.81. The molecule has 114 valence electrons. The summed E-state index contributed by atoms with van der Waals surface area (Å²) in [5.74, 6) is -0.491. The van der Waals surface area contributed by atoms with Gasteiger partial charge in [-0.05, 0) is 31.7 Å². The first-order valence-electron chi connectivity index (χ1n) is 7.16. The van der Waals surface area contributed by atoms with Gasteiger partial charge in [-0.15, -0.1) is 0 Å². The van der Waals surface area contributed by atoms with E-state index in [9.17, 15) is 14.7 Å². The van der Waals surface area contributed by atoms with E-state index in [-0.39, 0.29) is 11.5 Å². The molecule has 0 saturated carbocycles. The molecule has 1 aliphatic heterocycles. The van der Waals surface area contributed by atoms with Crippen LogP contribution in [-0.2, 0) is 4.79 Å². The molecule has 6 heteroatoms. The average molecular weight is 291 g/mol. The maximum atomic E-state index is 11.3. The minimum atomic E-state index is -0.946. The van der Waals surface area contributed by atoms with Gasteiger partial charge in [-0.3, -0.25) is 9.78 Å². The van der Waals surface area contributed by atoms with Gasteiger partial charge in [-0.2, -0.15) is 0 Å². The SMILES string of the molecule is CC(=O)NCC1CCN(c2cc(C)ncc2C(=O)O)CC1. The lowest BCUT2D eigenvalue weighted by atomic mass is 9.96. The maximum absolute atomic E-state index is 11.3. The second-order valence-corrected chi connectivity index (χ2v) is 5.52. The van der Waals surface area contributed by atoms with Crippen LogP contribution >= 0.6 is 0 Å². The van der Waals surface area contributed by atoms with Gasteiger partial charge in [-0.25, -0.2) is 4.79 Å². The number of carbonyl (C=O) groups is 2. The molecule has 2 heterocycles. The predicted molar refractivity (Wildman–Crippen MR) is 79.6 cm³/mol. The van der Waals surface area contributed by atoms with Crippen molar-refractivity contribution in [2.45, 2.75) is 26.7 Å². The van der Waals surface area contributed by atoms with Gasteiger partial charge in [0.15, 0.2) is 0 Å². The highest BCUT2D eigenvalue weighted by Gasteiger charge is 2.23. The van der Waals surface area contributed by atoms with Crippen molar-refractivity contribution < 1.29 is 14.7 Å². The fraction of sp³-hybridized carbons (Fsp3) is 0.533. The van der Waals surface area contributed by atoms with E-state index in [1.807, 2.05) is 13.0 Å². The van der Waals surface area contributed by atoms with Crippen LogP contribution in [-0.4, -0.2) is 41.6 Å². The Kier molecular flexibility index (Phi) is 4.77. The summed E-state index contributed by atoms with van der Waals surface area (Å²) in [6.07, 6.45) is 3.32. The Morgan fingerprint density at radius 3 is 2.67 bits per heavy atom. The number of nitrogens with one attached hydrogen (secondary N) is 1. The summed E-state index contributed by atoms with van der Waals surface area (Å²) in [4.78, 5) is 28.4. The van der Waals surface area contributed by atoms with Gasteiger partial charge in [0.1, 0.15) is 5.56 Å². The smallest absolute Gasteiger partial charge is 0.339 e. The van der Waals surface area contributed by atoms with Gasteiger partial charge in [0.05, 0.1) is 5.69 Å². The molecule has 1 saturated heterocycles. The van der Waals surface area contributed by atoms with Gasteiger partial charge in [0.2, 0.25) is 5.91 Å². The topological polar surface area (TPSA) is 82.5 Å². The van der Waals surface area contributed by atoms with E-state index in [0.717, 1.165) is 37.3 Å². The van der Waals surface area contributed by atoms with E-state index < -0.39 is 5.97 Å². The Bertz CT molecular complexity index is 537. The first-order valence-corrected chi connectivity index (χ1v) is 7.16. The number of carboxylic acids is 1. The number of pyridine rings is 1. The number of nitrogens with zero attached hydrogens (tertiary/aromatic N) is 2. The van der Waals surface area contributed by atoms with E-state index in [2.05, 4.69) is 15.2 Å². The van der Waals surface area contributed by atoms with Crippen molar-refractivity contribution in [3.05, 3.63) is 23.5 Å². The first kappa shape index (κ1) is 15.3. The number of rotatable bonds is 4. The third kappa shape index (κ3) is 3.93. The zero-order valence-electron chi connectivity index (χ0n) is 12.4. The summed E-state index contributed by atoms with van der Waals surface area (Å²) >= 11 is 0. The van der Waals surface area contributed by atoms with Crippen molar-refractivity contribution in [3.8, 4) is 0 Å². The minimum absolute atomic E-state index is 0.00430. The van der Waals surface area contributed by atoms with Crippen molar-refractivity contribution in [1.82, 2.24) is 10.3 Å². The second kappa shape index (κ2) is 6.56. The van der Waals surface area contributed by atoms with Crippen molar-refractivity contribution in [2.75, 3.05) is 24.5 Å². The molecule has 0 aromatic carbocycles. The molecule has 1 fully saturated rings. The molecule has 0 spiro atoms. The lowest BCUT2D eigenvalue weighted by molar-refractivity contribution is -0.119. The summed E-state index contributed by atoms with van der Waals surface area (Å²) in [5, 5.41) is 12.1. The molecular weight excluding hydrogens is 270 g/mol.